The summed E-state index contributed by atoms with van der Waals surface area (Å²) in [6.45, 7) is 6.83. The Balaban J connectivity index is 2.58. The van der Waals surface area contributed by atoms with Gasteiger partial charge >= 0.3 is 0 Å². The molecule has 0 radical (unpaired) electrons. The monoisotopic (exact) mass is 206 g/mol. The standard InChI is InChI=1S/C12H18N2O/c1-4-11(13-5-2)8-10-6-7-12(15-3)14-9-10/h4,6-7,9,11,13H,1,5,8H2,2-3H3. The van der Waals surface area contributed by atoms with Crippen molar-refractivity contribution in [3.8, 4) is 5.88 Å². The topological polar surface area (TPSA) is 34.1 Å². The molecule has 0 spiro atoms. The quantitative estimate of drug-likeness (QED) is 0.721. The number of likely N-dealkylation sites (N-methyl/N-ethyl adjacent to an activating group) is 1. The van der Waals surface area contributed by atoms with Crippen LogP contribution < -0.4 is 10.1 Å². The molecule has 1 aromatic heterocycles. The van der Waals surface area contributed by atoms with E-state index in [0.29, 0.717) is 11.9 Å². The molecular weight excluding hydrogens is 188 g/mol. The van der Waals surface area contributed by atoms with Gasteiger partial charge in [-0.15, -0.1) is 6.58 Å². The van der Waals surface area contributed by atoms with E-state index in [0.717, 1.165) is 13.0 Å². The fraction of sp³-hybridized carbons (Fsp3) is 0.417. The minimum Gasteiger partial charge on any atom is -0.481 e. The lowest BCUT2D eigenvalue weighted by molar-refractivity contribution is 0.397. The number of aromatic nitrogens is 1. The average Bonchev–Trinajstić information content (AvgIpc) is 2.29. The third-order valence-electron chi connectivity index (χ3n) is 2.21. The van der Waals surface area contributed by atoms with Gasteiger partial charge in [-0.1, -0.05) is 19.1 Å². The van der Waals surface area contributed by atoms with E-state index >= 15 is 0 Å². The van der Waals surface area contributed by atoms with Crippen molar-refractivity contribution in [3.63, 3.8) is 0 Å². The van der Waals surface area contributed by atoms with Crippen molar-refractivity contribution in [2.75, 3.05) is 13.7 Å². The van der Waals surface area contributed by atoms with E-state index in [1.165, 1.54) is 5.56 Å². The Kier molecular flexibility index (Phi) is 4.84. The highest BCUT2D eigenvalue weighted by Gasteiger charge is 2.04. The summed E-state index contributed by atoms with van der Waals surface area (Å²) in [7, 11) is 1.62. The molecule has 3 nitrogen and oxygen atoms in total. The van der Waals surface area contributed by atoms with E-state index in [1.807, 2.05) is 24.4 Å². The van der Waals surface area contributed by atoms with Gasteiger partial charge in [-0.2, -0.15) is 0 Å². The molecule has 0 aromatic carbocycles. The average molecular weight is 206 g/mol. The van der Waals surface area contributed by atoms with Gasteiger partial charge in [0.05, 0.1) is 7.11 Å². The largest absolute Gasteiger partial charge is 0.481 e. The van der Waals surface area contributed by atoms with Gasteiger partial charge in [0.15, 0.2) is 0 Å². The highest BCUT2D eigenvalue weighted by molar-refractivity contribution is 5.19. The Morgan fingerprint density at radius 2 is 2.40 bits per heavy atom. The minimum atomic E-state index is 0.310. The zero-order chi connectivity index (χ0) is 11.1. The molecule has 1 unspecified atom stereocenters. The molecule has 0 aliphatic carbocycles. The number of nitrogens with one attached hydrogen (secondary N) is 1. The molecule has 3 heteroatoms. The van der Waals surface area contributed by atoms with Gasteiger partial charge in [0, 0.05) is 18.3 Å². The molecule has 0 aliphatic rings. The fourth-order valence-corrected chi connectivity index (χ4v) is 1.41. The van der Waals surface area contributed by atoms with Crippen LogP contribution >= 0.6 is 0 Å². The molecule has 1 rings (SSSR count). The van der Waals surface area contributed by atoms with Gasteiger partial charge < -0.3 is 10.1 Å². The highest BCUT2D eigenvalue weighted by Crippen LogP contribution is 2.08. The van der Waals surface area contributed by atoms with Crippen molar-refractivity contribution < 1.29 is 4.74 Å². The van der Waals surface area contributed by atoms with Crippen molar-refractivity contribution in [1.82, 2.24) is 10.3 Å². The summed E-state index contributed by atoms with van der Waals surface area (Å²) in [6, 6.07) is 4.21. The predicted molar refractivity (Wildman–Crippen MR) is 62.2 cm³/mol. The van der Waals surface area contributed by atoms with Crippen LogP contribution in [0.25, 0.3) is 0 Å². The minimum absolute atomic E-state index is 0.310. The smallest absolute Gasteiger partial charge is 0.212 e. The summed E-state index contributed by atoms with van der Waals surface area (Å²) in [5.41, 5.74) is 1.18. The first-order valence-electron chi connectivity index (χ1n) is 5.15. The summed E-state index contributed by atoms with van der Waals surface area (Å²) in [5, 5.41) is 3.33. The lowest BCUT2D eigenvalue weighted by Gasteiger charge is -2.12. The molecule has 82 valence electrons. The maximum Gasteiger partial charge on any atom is 0.212 e. The van der Waals surface area contributed by atoms with Crippen LogP contribution in [0.15, 0.2) is 31.0 Å². The Bertz CT molecular complexity index is 295. The van der Waals surface area contributed by atoms with E-state index in [4.69, 9.17) is 4.74 Å². The number of hydrogen-bond donors (Lipinski definition) is 1. The molecule has 1 heterocycles. The molecule has 0 aliphatic heterocycles. The van der Waals surface area contributed by atoms with E-state index in [-0.39, 0.29) is 0 Å². The highest BCUT2D eigenvalue weighted by atomic mass is 16.5. The van der Waals surface area contributed by atoms with Crippen LogP contribution in [0.1, 0.15) is 12.5 Å². The maximum absolute atomic E-state index is 5.00. The van der Waals surface area contributed by atoms with E-state index in [2.05, 4.69) is 23.8 Å². The maximum atomic E-state index is 5.00. The summed E-state index contributed by atoms with van der Waals surface area (Å²) in [6.07, 6.45) is 4.68. The molecule has 0 fully saturated rings. The molecule has 1 N–H and O–H groups in total. The van der Waals surface area contributed by atoms with Gasteiger partial charge in [0.2, 0.25) is 5.88 Å². The Labute approximate surface area is 91.2 Å². The third-order valence-corrected chi connectivity index (χ3v) is 2.21. The Morgan fingerprint density at radius 1 is 1.60 bits per heavy atom. The first-order chi connectivity index (χ1) is 7.30. The van der Waals surface area contributed by atoms with Gasteiger partial charge in [-0.25, -0.2) is 4.98 Å². The predicted octanol–water partition coefficient (Wildman–Crippen LogP) is 1.80. The normalized spacial score (nSPS) is 12.1. The van der Waals surface area contributed by atoms with Crippen molar-refractivity contribution >= 4 is 0 Å². The molecule has 0 saturated heterocycles. The van der Waals surface area contributed by atoms with E-state index in [9.17, 15) is 0 Å². The lowest BCUT2D eigenvalue weighted by Crippen LogP contribution is -2.28. The number of nitrogens with zero attached hydrogens (tertiary/aromatic N) is 1. The second kappa shape index (κ2) is 6.19. The van der Waals surface area contributed by atoms with Gasteiger partial charge in [-0.05, 0) is 18.5 Å². The number of hydrogen-bond acceptors (Lipinski definition) is 3. The van der Waals surface area contributed by atoms with Gasteiger partial charge in [0.1, 0.15) is 0 Å². The second-order valence-electron chi connectivity index (χ2n) is 3.31. The third kappa shape index (κ3) is 3.72. The first kappa shape index (κ1) is 11.7. The number of ether oxygens (including phenoxy) is 1. The molecule has 15 heavy (non-hydrogen) atoms. The van der Waals surface area contributed by atoms with Crippen LogP contribution in [0.5, 0.6) is 5.88 Å². The van der Waals surface area contributed by atoms with Crippen molar-refractivity contribution in [3.05, 3.63) is 36.5 Å². The zero-order valence-corrected chi connectivity index (χ0v) is 9.36. The van der Waals surface area contributed by atoms with Crippen LogP contribution in [0.4, 0.5) is 0 Å². The number of rotatable bonds is 6. The summed E-state index contributed by atoms with van der Waals surface area (Å²) in [4.78, 5) is 4.16. The fourth-order valence-electron chi connectivity index (χ4n) is 1.41. The van der Waals surface area contributed by atoms with Crippen molar-refractivity contribution in [1.29, 1.82) is 0 Å². The van der Waals surface area contributed by atoms with E-state index in [1.54, 1.807) is 7.11 Å². The first-order valence-corrected chi connectivity index (χ1v) is 5.15. The van der Waals surface area contributed by atoms with Crippen molar-refractivity contribution in [2.45, 2.75) is 19.4 Å². The Morgan fingerprint density at radius 3 is 2.87 bits per heavy atom. The zero-order valence-electron chi connectivity index (χ0n) is 9.36. The van der Waals surface area contributed by atoms with Crippen molar-refractivity contribution in [2.24, 2.45) is 0 Å². The molecule has 1 atom stereocenters. The number of pyridine rings is 1. The molecule has 1 aromatic rings. The summed E-state index contributed by atoms with van der Waals surface area (Å²) < 4.78 is 5.00. The van der Waals surface area contributed by atoms with Gasteiger partial charge in [0.25, 0.3) is 0 Å². The van der Waals surface area contributed by atoms with Gasteiger partial charge in [-0.3, -0.25) is 0 Å². The van der Waals surface area contributed by atoms with E-state index < -0.39 is 0 Å². The lowest BCUT2D eigenvalue weighted by atomic mass is 10.1. The summed E-state index contributed by atoms with van der Waals surface area (Å²) >= 11 is 0. The molecule has 0 saturated carbocycles. The summed E-state index contributed by atoms with van der Waals surface area (Å²) in [5.74, 6) is 0.650. The van der Waals surface area contributed by atoms with Crippen LogP contribution in [0, 0.1) is 0 Å². The van der Waals surface area contributed by atoms with Crippen LogP contribution in [-0.2, 0) is 6.42 Å². The molecular formula is C12H18N2O. The second-order valence-corrected chi connectivity index (χ2v) is 3.31. The van der Waals surface area contributed by atoms with Crippen LogP contribution in [0.2, 0.25) is 0 Å². The SMILES string of the molecule is C=CC(Cc1ccc(OC)nc1)NCC. The van der Waals surface area contributed by atoms with Crippen LogP contribution in [-0.4, -0.2) is 24.7 Å². The molecule has 0 bridgehead atoms. The molecule has 0 amide bonds. The Hall–Kier alpha value is -1.35. The number of methoxy groups -OCH3 is 1. The van der Waals surface area contributed by atoms with Crippen LogP contribution in [0.3, 0.4) is 0 Å².